The molecule has 1 aliphatic rings. The standard InChI is InChI=1S/C15H24N4O/c1-3-18(4-2)15(20)11-10-13-12-19(17-16-13)14-8-6-5-7-9-14/h10-12,14H,3-9H2,1-2H3/b11-10-. The van der Waals surface area contributed by atoms with E-state index in [4.69, 9.17) is 0 Å². The van der Waals surface area contributed by atoms with Gasteiger partial charge in [0.25, 0.3) is 0 Å². The molecule has 0 aliphatic heterocycles. The first kappa shape index (κ1) is 14.8. The molecular weight excluding hydrogens is 252 g/mol. The molecule has 0 bridgehead atoms. The summed E-state index contributed by atoms with van der Waals surface area (Å²) in [4.78, 5) is 13.7. The lowest BCUT2D eigenvalue weighted by Crippen LogP contribution is -2.28. The van der Waals surface area contributed by atoms with Gasteiger partial charge in [-0.3, -0.25) is 4.79 Å². The second-order valence-electron chi connectivity index (χ2n) is 5.26. The number of aromatic nitrogens is 3. The molecular formula is C15H24N4O. The van der Waals surface area contributed by atoms with Crippen LogP contribution in [0.5, 0.6) is 0 Å². The maximum atomic E-state index is 11.9. The van der Waals surface area contributed by atoms with Crippen molar-refractivity contribution in [1.82, 2.24) is 19.9 Å². The van der Waals surface area contributed by atoms with E-state index in [2.05, 4.69) is 10.3 Å². The third-order valence-electron chi connectivity index (χ3n) is 3.95. The zero-order valence-corrected chi connectivity index (χ0v) is 12.5. The Labute approximate surface area is 120 Å². The van der Waals surface area contributed by atoms with Crippen LogP contribution >= 0.6 is 0 Å². The van der Waals surface area contributed by atoms with Crippen LogP contribution in [0.4, 0.5) is 0 Å². The first-order valence-electron chi connectivity index (χ1n) is 7.63. The first-order chi connectivity index (χ1) is 9.74. The number of hydrogen-bond acceptors (Lipinski definition) is 3. The normalized spacial score (nSPS) is 16.7. The van der Waals surface area contributed by atoms with Gasteiger partial charge >= 0.3 is 0 Å². The van der Waals surface area contributed by atoms with E-state index in [1.54, 1.807) is 17.1 Å². The summed E-state index contributed by atoms with van der Waals surface area (Å²) in [6, 6.07) is 0.483. The average Bonchev–Trinajstić information content (AvgIpc) is 2.96. The van der Waals surface area contributed by atoms with E-state index in [9.17, 15) is 4.79 Å². The number of nitrogens with zero attached hydrogens (tertiary/aromatic N) is 4. The highest BCUT2D eigenvalue weighted by Crippen LogP contribution is 2.27. The minimum atomic E-state index is 0.0298. The Morgan fingerprint density at radius 1 is 1.35 bits per heavy atom. The average molecular weight is 276 g/mol. The summed E-state index contributed by atoms with van der Waals surface area (Å²) in [5.74, 6) is 0.0298. The summed E-state index contributed by atoms with van der Waals surface area (Å²) in [6.07, 6.45) is 11.5. The van der Waals surface area contributed by atoms with Crippen LogP contribution < -0.4 is 0 Å². The van der Waals surface area contributed by atoms with Crippen molar-refractivity contribution in [2.45, 2.75) is 52.0 Å². The minimum absolute atomic E-state index is 0.0298. The minimum Gasteiger partial charge on any atom is -0.340 e. The van der Waals surface area contributed by atoms with Crippen LogP contribution in [0.3, 0.4) is 0 Å². The van der Waals surface area contributed by atoms with E-state index in [1.807, 2.05) is 24.7 Å². The van der Waals surface area contributed by atoms with E-state index in [0.717, 1.165) is 18.8 Å². The van der Waals surface area contributed by atoms with E-state index in [-0.39, 0.29) is 5.91 Å². The van der Waals surface area contributed by atoms with Crippen molar-refractivity contribution in [2.24, 2.45) is 0 Å². The summed E-state index contributed by atoms with van der Waals surface area (Å²) in [6.45, 7) is 5.42. The lowest BCUT2D eigenvalue weighted by Gasteiger charge is -2.20. The van der Waals surface area contributed by atoms with Gasteiger partial charge in [-0.25, -0.2) is 4.68 Å². The molecule has 1 aromatic rings. The molecule has 0 atom stereocenters. The van der Waals surface area contributed by atoms with E-state index < -0.39 is 0 Å². The van der Waals surface area contributed by atoms with Crippen molar-refractivity contribution in [2.75, 3.05) is 13.1 Å². The van der Waals surface area contributed by atoms with Gasteiger partial charge in [-0.1, -0.05) is 24.5 Å². The maximum absolute atomic E-state index is 11.9. The molecule has 20 heavy (non-hydrogen) atoms. The number of carbonyl (C=O) groups is 1. The number of amides is 1. The molecule has 1 fully saturated rings. The van der Waals surface area contributed by atoms with Crippen molar-refractivity contribution >= 4 is 12.0 Å². The van der Waals surface area contributed by atoms with E-state index in [0.29, 0.717) is 6.04 Å². The highest BCUT2D eigenvalue weighted by molar-refractivity contribution is 5.91. The Bertz CT molecular complexity index is 456. The predicted molar refractivity (Wildman–Crippen MR) is 79.1 cm³/mol. The summed E-state index contributed by atoms with van der Waals surface area (Å²) < 4.78 is 1.96. The van der Waals surface area contributed by atoms with Crippen LogP contribution in [0.1, 0.15) is 57.7 Å². The highest BCUT2D eigenvalue weighted by atomic mass is 16.2. The van der Waals surface area contributed by atoms with Crippen LogP contribution in [0.2, 0.25) is 0 Å². The molecule has 1 aliphatic carbocycles. The number of carbonyl (C=O) groups excluding carboxylic acids is 1. The quantitative estimate of drug-likeness (QED) is 0.777. The fourth-order valence-corrected chi connectivity index (χ4v) is 2.69. The van der Waals surface area contributed by atoms with Gasteiger partial charge in [-0.05, 0) is 32.8 Å². The Hall–Kier alpha value is -1.65. The maximum Gasteiger partial charge on any atom is 0.246 e. The van der Waals surface area contributed by atoms with Crippen LogP contribution in [-0.4, -0.2) is 38.9 Å². The largest absolute Gasteiger partial charge is 0.340 e. The molecule has 110 valence electrons. The zero-order chi connectivity index (χ0) is 14.4. The molecule has 0 spiro atoms. The van der Waals surface area contributed by atoms with Crippen molar-refractivity contribution in [3.63, 3.8) is 0 Å². The van der Waals surface area contributed by atoms with Crippen LogP contribution in [0.15, 0.2) is 12.3 Å². The number of hydrogen-bond donors (Lipinski definition) is 0. The molecule has 2 rings (SSSR count). The molecule has 0 aromatic carbocycles. The Morgan fingerprint density at radius 3 is 2.70 bits per heavy atom. The van der Waals surface area contributed by atoms with Crippen molar-refractivity contribution in [3.05, 3.63) is 18.0 Å². The molecule has 1 aromatic heterocycles. The van der Waals surface area contributed by atoms with Gasteiger partial charge in [0.15, 0.2) is 0 Å². The van der Waals surface area contributed by atoms with Gasteiger partial charge in [0, 0.05) is 19.2 Å². The lowest BCUT2D eigenvalue weighted by atomic mass is 9.96. The zero-order valence-electron chi connectivity index (χ0n) is 12.5. The molecule has 5 nitrogen and oxygen atoms in total. The van der Waals surface area contributed by atoms with Gasteiger partial charge in [0.05, 0.1) is 12.2 Å². The van der Waals surface area contributed by atoms with Crippen molar-refractivity contribution in [1.29, 1.82) is 0 Å². The Kier molecular flexibility index (Phi) is 5.32. The molecule has 5 heteroatoms. The van der Waals surface area contributed by atoms with Crippen molar-refractivity contribution in [3.8, 4) is 0 Å². The van der Waals surface area contributed by atoms with Crippen molar-refractivity contribution < 1.29 is 4.79 Å². The summed E-state index contributed by atoms with van der Waals surface area (Å²) in [5.41, 5.74) is 0.760. The Balaban J connectivity index is 1.96. The lowest BCUT2D eigenvalue weighted by molar-refractivity contribution is -0.125. The second-order valence-corrected chi connectivity index (χ2v) is 5.26. The predicted octanol–water partition coefficient (Wildman–Crippen LogP) is 2.66. The first-order valence-corrected chi connectivity index (χ1v) is 7.63. The molecule has 1 heterocycles. The SMILES string of the molecule is CCN(CC)C(=O)/C=C\c1cn(C2CCCCC2)nn1. The third-order valence-corrected chi connectivity index (χ3v) is 3.95. The third kappa shape index (κ3) is 3.68. The molecule has 0 N–H and O–H groups in total. The summed E-state index contributed by atoms with van der Waals surface area (Å²) >= 11 is 0. The number of rotatable bonds is 5. The fraction of sp³-hybridized carbons (Fsp3) is 0.667. The van der Waals surface area contributed by atoms with Crippen LogP contribution in [-0.2, 0) is 4.79 Å². The summed E-state index contributed by atoms with van der Waals surface area (Å²) in [5, 5.41) is 8.32. The fourth-order valence-electron chi connectivity index (χ4n) is 2.69. The van der Waals surface area contributed by atoms with Gasteiger partial charge in [-0.2, -0.15) is 0 Å². The van der Waals surface area contributed by atoms with Gasteiger partial charge < -0.3 is 4.90 Å². The van der Waals surface area contributed by atoms with Crippen LogP contribution in [0, 0.1) is 0 Å². The van der Waals surface area contributed by atoms with Gasteiger partial charge in [-0.15, -0.1) is 5.10 Å². The van der Waals surface area contributed by atoms with E-state index in [1.165, 1.54) is 32.1 Å². The van der Waals surface area contributed by atoms with Gasteiger partial charge in [0.1, 0.15) is 5.69 Å². The smallest absolute Gasteiger partial charge is 0.246 e. The second kappa shape index (κ2) is 7.22. The topological polar surface area (TPSA) is 51.0 Å². The number of likely N-dealkylation sites (N-methyl/N-ethyl adjacent to an activating group) is 1. The van der Waals surface area contributed by atoms with E-state index >= 15 is 0 Å². The Morgan fingerprint density at radius 2 is 2.05 bits per heavy atom. The highest BCUT2D eigenvalue weighted by Gasteiger charge is 2.16. The molecule has 0 unspecified atom stereocenters. The monoisotopic (exact) mass is 276 g/mol. The molecule has 1 saturated carbocycles. The van der Waals surface area contributed by atoms with Crippen LogP contribution in [0.25, 0.3) is 6.08 Å². The summed E-state index contributed by atoms with van der Waals surface area (Å²) in [7, 11) is 0. The molecule has 0 saturated heterocycles. The molecule has 0 radical (unpaired) electrons. The van der Waals surface area contributed by atoms with Gasteiger partial charge in [0.2, 0.25) is 5.91 Å². The molecule has 1 amide bonds.